The molecule has 43 heavy (non-hydrogen) atoms. The van der Waals surface area contributed by atoms with Gasteiger partial charge in [0.25, 0.3) is 0 Å². The van der Waals surface area contributed by atoms with E-state index in [9.17, 15) is 0 Å². The molecular formula is C42H28O. The molecule has 8 aromatic rings. The number of allylic oxidation sites excluding steroid dienone is 1. The second-order valence-electron chi connectivity index (χ2n) is 11.5. The monoisotopic (exact) mass is 548 g/mol. The molecule has 0 spiro atoms. The SMILES string of the molecule is C1=Cc2c(oc3c(-c4c5ccccc5c(-c5ccc(-c6ccc7ccccc7c6)cc5)c5ccccc45)cccc23)CC1. The van der Waals surface area contributed by atoms with E-state index in [1.807, 2.05) is 0 Å². The van der Waals surface area contributed by atoms with Crippen molar-refractivity contribution in [1.82, 2.24) is 0 Å². The van der Waals surface area contributed by atoms with Gasteiger partial charge in [0.15, 0.2) is 0 Å². The second-order valence-corrected chi connectivity index (χ2v) is 11.5. The molecule has 0 atom stereocenters. The summed E-state index contributed by atoms with van der Waals surface area (Å²) in [6, 6.07) is 48.7. The molecule has 0 N–H and O–H groups in total. The molecule has 1 heterocycles. The Bertz CT molecular complexity index is 2330. The van der Waals surface area contributed by atoms with Gasteiger partial charge < -0.3 is 4.42 Å². The van der Waals surface area contributed by atoms with Gasteiger partial charge >= 0.3 is 0 Å². The Morgan fingerprint density at radius 2 is 1.07 bits per heavy atom. The summed E-state index contributed by atoms with van der Waals surface area (Å²) in [6.45, 7) is 0. The van der Waals surface area contributed by atoms with Crippen LogP contribution >= 0.6 is 0 Å². The van der Waals surface area contributed by atoms with E-state index in [4.69, 9.17) is 4.42 Å². The fourth-order valence-corrected chi connectivity index (χ4v) is 7.10. The van der Waals surface area contributed by atoms with Crippen molar-refractivity contribution in [1.29, 1.82) is 0 Å². The zero-order chi connectivity index (χ0) is 28.3. The highest BCUT2D eigenvalue weighted by atomic mass is 16.3. The molecule has 0 fully saturated rings. The van der Waals surface area contributed by atoms with E-state index in [-0.39, 0.29) is 0 Å². The van der Waals surface area contributed by atoms with E-state index in [1.165, 1.54) is 71.1 Å². The van der Waals surface area contributed by atoms with Gasteiger partial charge in [-0.3, -0.25) is 0 Å². The predicted octanol–water partition coefficient (Wildman–Crippen LogP) is 11.9. The Hall–Kier alpha value is -5.40. The van der Waals surface area contributed by atoms with Crippen LogP contribution in [0.15, 0.2) is 144 Å². The molecule has 0 radical (unpaired) electrons. The van der Waals surface area contributed by atoms with E-state index in [2.05, 4.69) is 146 Å². The number of aryl methyl sites for hydroxylation is 1. The molecule has 0 saturated carbocycles. The lowest BCUT2D eigenvalue weighted by molar-refractivity contribution is 0.547. The van der Waals surface area contributed by atoms with Crippen molar-refractivity contribution >= 4 is 49.4 Å². The molecule has 1 heteroatoms. The number of hydrogen-bond acceptors (Lipinski definition) is 1. The van der Waals surface area contributed by atoms with Crippen LogP contribution in [-0.4, -0.2) is 0 Å². The van der Waals surface area contributed by atoms with Gasteiger partial charge in [0.1, 0.15) is 11.3 Å². The quantitative estimate of drug-likeness (QED) is 0.200. The third-order valence-corrected chi connectivity index (χ3v) is 9.11. The smallest absolute Gasteiger partial charge is 0.142 e. The molecule has 202 valence electrons. The van der Waals surface area contributed by atoms with Crippen LogP contribution in [0, 0.1) is 0 Å². The average molecular weight is 549 g/mol. The van der Waals surface area contributed by atoms with Crippen molar-refractivity contribution in [3.05, 3.63) is 151 Å². The first kappa shape index (κ1) is 24.2. The van der Waals surface area contributed by atoms with E-state index < -0.39 is 0 Å². The van der Waals surface area contributed by atoms with Crippen LogP contribution in [0.2, 0.25) is 0 Å². The standard InChI is InChI=1S/C42H28O/c1-2-11-30-26-31(25-22-27(30)10-1)28-20-23-29(24-21-28)40-33-13-3-5-15-35(33)41(36-16-6-4-14-34(36)40)38-18-9-17-37-32-12-7-8-19-39(32)43-42(37)38/h1-7,9-18,20-26H,8,19H2. The summed E-state index contributed by atoms with van der Waals surface area (Å²) in [4.78, 5) is 0. The summed E-state index contributed by atoms with van der Waals surface area (Å²) >= 11 is 0. The van der Waals surface area contributed by atoms with Crippen molar-refractivity contribution in [3.8, 4) is 33.4 Å². The fourth-order valence-electron chi connectivity index (χ4n) is 7.10. The van der Waals surface area contributed by atoms with Gasteiger partial charge in [0, 0.05) is 28.5 Å². The Kier molecular flexibility index (Phi) is 5.39. The van der Waals surface area contributed by atoms with Gasteiger partial charge in [-0.05, 0) is 67.1 Å². The second kappa shape index (κ2) is 9.58. The number of rotatable bonds is 3. The molecule has 0 aliphatic heterocycles. The average Bonchev–Trinajstić information content (AvgIpc) is 3.46. The van der Waals surface area contributed by atoms with E-state index in [0.717, 1.165) is 29.7 Å². The van der Waals surface area contributed by atoms with E-state index >= 15 is 0 Å². The number of hydrogen-bond donors (Lipinski definition) is 0. The maximum Gasteiger partial charge on any atom is 0.142 e. The summed E-state index contributed by atoms with van der Waals surface area (Å²) in [5.41, 5.74) is 9.58. The van der Waals surface area contributed by atoms with Crippen molar-refractivity contribution in [2.24, 2.45) is 0 Å². The first-order chi connectivity index (χ1) is 21.3. The zero-order valence-electron chi connectivity index (χ0n) is 23.7. The highest BCUT2D eigenvalue weighted by Gasteiger charge is 2.22. The molecule has 0 bridgehead atoms. The lowest BCUT2D eigenvalue weighted by Crippen LogP contribution is -1.91. The molecule has 1 nitrogen and oxygen atoms in total. The van der Waals surface area contributed by atoms with Gasteiger partial charge in [-0.15, -0.1) is 0 Å². The predicted molar refractivity (Wildman–Crippen MR) is 182 cm³/mol. The topological polar surface area (TPSA) is 13.1 Å². The molecule has 7 aromatic carbocycles. The molecule has 0 saturated heterocycles. The number of benzene rings is 7. The normalized spacial score (nSPS) is 12.8. The third kappa shape index (κ3) is 3.78. The molecule has 1 aromatic heterocycles. The first-order valence-corrected chi connectivity index (χ1v) is 15.1. The van der Waals surface area contributed by atoms with Crippen molar-refractivity contribution in [3.63, 3.8) is 0 Å². The van der Waals surface area contributed by atoms with Crippen LogP contribution in [0.4, 0.5) is 0 Å². The van der Waals surface area contributed by atoms with Crippen molar-refractivity contribution < 1.29 is 4.42 Å². The number of furan rings is 1. The Balaban J connectivity index is 1.27. The molecule has 9 rings (SSSR count). The Morgan fingerprint density at radius 3 is 1.81 bits per heavy atom. The van der Waals surface area contributed by atoms with E-state index in [0.29, 0.717) is 0 Å². The molecule has 1 aliphatic carbocycles. The highest BCUT2D eigenvalue weighted by Crippen LogP contribution is 2.46. The lowest BCUT2D eigenvalue weighted by Gasteiger charge is -2.18. The summed E-state index contributed by atoms with van der Waals surface area (Å²) < 4.78 is 6.62. The number of fused-ring (bicyclic) bond motifs is 6. The molecule has 0 amide bonds. The van der Waals surface area contributed by atoms with Gasteiger partial charge in [0.2, 0.25) is 0 Å². The minimum atomic E-state index is 0.954. The summed E-state index contributed by atoms with van der Waals surface area (Å²) in [5, 5.41) is 8.72. The van der Waals surface area contributed by atoms with Crippen LogP contribution in [0.3, 0.4) is 0 Å². The van der Waals surface area contributed by atoms with Gasteiger partial charge in [-0.2, -0.15) is 0 Å². The fraction of sp³-hybridized carbons (Fsp3) is 0.0476. The minimum absolute atomic E-state index is 0.954. The van der Waals surface area contributed by atoms with Crippen LogP contribution in [0.5, 0.6) is 0 Å². The van der Waals surface area contributed by atoms with Gasteiger partial charge in [-0.1, -0.05) is 140 Å². The van der Waals surface area contributed by atoms with Crippen molar-refractivity contribution in [2.75, 3.05) is 0 Å². The van der Waals surface area contributed by atoms with Crippen LogP contribution in [0.25, 0.3) is 82.7 Å². The molecule has 0 unspecified atom stereocenters. The Labute approximate surface area is 250 Å². The van der Waals surface area contributed by atoms with Crippen LogP contribution in [-0.2, 0) is 6.42 Å². The zero-order valence-corrected chi connectivity index (χ0v) is 23.7. The number of para-hydroxylation sites is 1. The lowest BCUT2D eigenvalue weighted by atomic mass is 9.85. The summed E-state index contributed by atoms with van der Waals surface area (Å²) in [6.07, 6.45) is 6.47. The van der Waals surface area contributed by atoms with Gasteiger partial charge in [-0.25, -0.2) is 0 Å². The summed E-state index contributed by atoms with van der Waals surface area (Å²) in [5.74, 6) is 1.10. The van der Waals surface area contributed by atoms with E-state index in [1.54, 1.807) is 0 Å². The summed E-state index contributed by atoms with van der Waals surface area (Å²) in [7, 11) is 0. The van der Waals surface area contributed by atoms with Crippen molar-refractivity contribution in [2.45, 2.75) is 12.8 Å². The van der Waals surface area contributed by atoms with Gasteiger partial charge in [0.05, 0.1) is 0 Å². The molecular weight excluding hydrogens is 520 g/mol. The third-order valence-electron chi connectivity index (χ3n) is 9.11. The first-order valence-electron chi connectivity index (χ1n) is 15.1. The maximum absolute atomic E-state index is 6.62. The largest absolute Gasteiger partial charge is 0.460 e. The van der Waals surface area contributed by atoms with Crippen LogP contribution < -0.4 is 0 Å². The maximum atomic E-state index is 6.62. The Morgan fingerprint density at radius 1 is 0.465 bits per heavy atom. The highest BCUT2D eigenvalue weighted by molar-refractivity contribution is 6.23. The van der Waals surface area contributed by atoms with Crippen LogP contribution in [0.1, 0.15) is 17.7 Å². The molecule has 1 aliphatic rings. The minimum Gasteiger partial charge on any atom is -0.460 e.